The summed E-state index contributed by atoms with van der Waals surface area (Å²) in [5.41, 5.74) is -0.621. The number of carbonyl (C=O) groups excluding carboxylic acids is 2. The monoisotopic (exact) mass is 413 g/mol. The fourth-order valence-corrected chi connectivity index (χ4v) is 4.61. The van der Waals surface area contributed by atoms with Crippen molar-refractivity contribution < 1.29 is 19.1 Å². The Bertz CT molecular complexity index is 566. The van der Waals surface area contributed by atoms with Crippen molar-refractivity contribution in [3.8, 4) is 0 Å². The van der Waals surface area contributed by atoms with Crippen LogP contribution in [0.4, 0.5) is 0 Å². The predicted octanol–water partition coefficient (Wildman–Crippen LogP) is 2.79. The number of nitrogens with zero attached hydrogens (tertiary/aromatic N) is 2. The molecular formula is C20H35N3O4S. The van der Waals surface area contributed by atoms with Gasteiger partial charge in [-0.05, 0) is 47.5 Å². The first kappa shape index (κ1) is 23.0. The number of likely N-dealkylation sites (tertiary alicyclic amines) is 1. The van der Waals surface area contributed by atoms with E-state index in [1.165, 1.54) is 25.7 Å². The molecule has 1 unspecified atom stereocenters. The van der Waals surface area contributed by atoms with E-state index in [1.54, 1.807) is 32.5 Å². The van der Waals surface area contributed by atoms with E-state index in [9.17, 15) is 9.59 Å². The summed E-state index contributed by atoms with van der Waals surface area (Å²) < 4.78 is 9.89. The number of thioether (sulfide) groups is 1. The van der Waals surface area contributed by atoms with Gasteiger partial charge in [0.05, 0.1) is 23.7 Å². The molecule has 7 nitrogen and oxygen atoms in total. The van der Waals surface area contributed by atoms with Crippen molar-refractivity contribution in [2.24, 2.45) is 10.4 Å². The number of hydrogen-bond acceptors (Lipinski definition) is 7. The first-order valence-electron chi connectivity index (χ1n) is 10.1. The minimum absolute atomic E-state index is 0.0490. The standard InChI is InChI=1S/C20H35N3O4S/c1-19(2,3)18(25)27-14-26-17(24)16-20(4,5)28-15(22-16)12-21-13-23-10-8-6-7-9-11-23/h13,15-16,22H,6-12,14H2,1-5H3/t15?,16-/m0/s1. The van der Waals surface area contributed by atoms with Crippen molar-refractivity contribution in [1.82, 2.24) is 10.2 Å². The zero-order chi connectivity index (χ0) is 20.8. The van der Waals surface area contributed by atoms with Gasteiger partial charge in [-0.3, -0.25) is 19.9 Å². The second-order valence-electron chi connectivity index (χ2n) is 9.00. The molecule has 0 aromatic heterocycles. The van der Waals surface area contributed by atoms with E-state index in [0.717, 1.165) is 13.1 Å². The summed E-state index contributed by atoms with van der Waals surface area (Å²) in [6, 6.07) is -0.468. The van der Waals surface area contributed by atoms with Gasteiger partial charge in [0.1, 0.15) is 6.04 Å². The maximum absolute atomic E-state index is 12.5. The van der Waals surface area contributed by atoms with Crippen molar-refractivity contribution in [3.05, 3.63) is 0 Å². The van der Waals surface area contributed by atoms with Gasteiger partial charge >= 0.3 is 11.9 Å². The Morgan fingerprint density at radius 2 is 1.82 bits per heavy atom. The number of ether oxygens (including phenoxy) is 2. The third kappa shape index (κ3) is 6.95. The highest BCUT2D eigenvalue weighted by Crippen LogP contribution is 2.38. The lowest BCUT2D eigenvalue weighted by molar-refractivity contribution is -0.174. The molecule has 8 heteroatoms. The fourth-order valence-electron chi connectivity index (χ4n) is 3.21. The zero-order valence-electron chi connectivity index (χ0n) is 17.8. The van der Waals surface area contributed by atoms with Crippen LogP contribution < -0.4 is 5.32 Å². The van der Waals surface area contributed by atoms with E-state index in [0.29, 0.717) is 6.54 Å². The topological polar surface area (TPSA) is 80.2 Å². The van der Waals surface area contributed by atoms with Crippen LogP contribution >= 0.6 is 11.8 Å². The first-order valence-corrected chi connectivity index (χ1v) is 11.0. The fraction of sp³-hybridized carbons (Fsp3) is 0.850. The molecule has 2 rings (SSSR count). The summed E-state index contributed by atoms with van der Waals surface area (Å²) in [6.45, 7) is 11.7. The van der Waals surface area contributed by atoms with E-state index < -0.39 is 23.4 Å². The van der Waals surface area contributed by atoms with Crippen LogP contribution in [-0.2, 0) is 19.1 Å². The third-order valence-corrected chi connectivity index (χ3v) is 6.30. The Kier molecular flexibility index (Phi) is 8.18. The van der Waals surface area contributed by atoms with Gasteiger partial charge in [0.25, 0.3) is 0 Å². The van der Waals surface area contributed by atoms with E-state index in [1.807, 2.05) is 20.2 Å². The second kappa shape index (κ2) is 9.96. The lowest BCUT2D eigenvalue weighted by Crippen LogP contribution is -2.46. The van der Waals surface area contributed by atoms with Gasteiger partial charge in [0.15, 0.2) is 0 Å². The van der Waals surface area contributed by atoms with E-state index in [-0.39, 0.29) is 16.9 Å². The molecule has 0 saturated carbocycles. The van der Waals surface area contributed by atoms with Crippen molar-refractivity contribution in [3.63, 3.8) is 0 Å². The summed E-state index contributed by atoms with van der Waals surface area (Å²) in [4.78, 5) is 31.1. The van der Waals surface area contributed by atoms with Crippen molar-refractivity contribution in [1.29, 1.82) is 0 Å². The second-order valence-corrected chi connectivity index (χ2v) is 10.9. The van der Waals surface area contributed by atoms with Crippen molar-refractivity contribution in [2.75, 3.05) is 26.4 Å². The molecule has 160 valence electrons. The minimum Gasteiger partial charge on any atom is -0.427 e. The van der Waals surface area contributed by atoms with Crippen molar-refractivity contribution in [2.45, 2.75) is 76.5 Å². The van der Waals surface area contributed by atoms with Crippen molar-refractivity contribution >= 4 is 30.0 Å². The summed E-state index contributed by atoms with van der Waals surface area (Å²) >= 11 is 1.69. The van der Waals surface area contributed by atoms with Crippen LogP contribution in [0.1, 0.15) is 60.3 Å². The minimum atomic E-state index is -0.621. The Morgan fingerprint density at radius 3 is 2.43 bits per heavy atom. The van der Waals surface area contributed by atoms with Crippen LogP contribution in [0.5, 0.6) is 0 Å². The van der Waals surface area contributed by atoms with Crippen LogP contribution in [0.3, 0.4) is 0 Å². The Labute approximate surface area is 173 Å². The highest BCUT2D eigenvalue weighted by molar-refractivity contribution is 8.01. The van der Waals surface area contributed by atoms with Gasteiger partial charge < -0.3 is 14.4 Å². The molecule has 0 amide bonds. The number of rotatable bonds is 6. The third-order valence-electron chi connectivity index (χ3n) is 4.89. The molecule has 0 aliphatic carbocycles. The molecule has 0 bridgehead atoms. The molecule has 2 atom stereocenters. The summed E-state index contributed by atoms with van der Waals surface area (Å²) in [5.74, 6) is -0.799. The number of aliphatic imine (C=N–C) groups is 1. The summed E-state index contributed by atoms with van der Waals surface area (Å²) in [5, 5.41) is 3.36. The molecule has 0 aromatic rings. The summed E-state index contributed by atoms with van der Waals surface area (Å²) in [7, 11) is 0. The van der Waals surface area contributed by atoms with E-state index >= 15 is 0 Å². The van der Waals surface area contributed by atoms with E-state index in [2.05, 4.69) is 15.2 Å². The van der Waals surface area contributed by atoms with Gasteiger partial charge in [0.2, 0.25) is 6.79 Å². The van der Waals surface area contributed by atoms with Crippen LogP contribution in [-0.4, -0.2) is 65.8 Å². The summed E-state index contributed by atoms with van der Waals surface area (Å²) in [6.07, 6.45) is 7.01. The molecule has 2 aliphatic heterocycles. The van der Waals surface area contributed by atoms with Gasteiger partial charge in [0, 0.05) is 17.8 Å². The van der Waals surface area contributed by atoms with Crippen LogP contribution in [0.15, 0.2) is 4.99 Å². The van der Waals surface area contributed by atoms with Crippen LogP contribution in [0, 0.1) is 5.41 Å². The lowest BCUT2D eigenvalue weighted by atomic mass is 9.98. The predicted molar refractivity (Wildman–Crippen MR) is 112 cm³/mol. The highest BCUT2D eigenvalue weighted by atomic mass is 32.2. The zero-order valence-corrected chi connectivity index (χ0v) is 18.6. The molecule has 28 heavy (non-hydrogen) atoms. The SMILES string of the molecule is CC(C)(C)C(=O)OCOC(=O)[C@@H]1NC(CN=CN2CCCCCC2)SC1(C)C. The molecule has 1 N–H and O–H groups in total. The molecule has 2 saturated heterocycles. The lowest BCUT2D eigenvalue weighted by Gasteiger charge is -2.23. The molecule has 2 heterocycles. The molecule has 0 spiro atoms. The Balaban J connectivity index is 1.79. The maximum Gasteiger partial charge on any atom is 0.327 e. The Hall–Kier alpha value is -1.28. The van der Waals surface area contributed by atoms with Gasteiger partial charge in [-0.2, -0.15) is 0 Å². The largest absolute Gasteiger partial charge is 0.427 e. The van der Waals surface area contributed by atoms with Gasteiger partial charge in [-0.25, -0.2) is 0 Å². The smallest absolute Gasteiger partial charge is 0.327 e. The number of nitrogens with one attached hydrogen (secondary N) is 1. The number of carbonyl (C=O) groups is 2. The molecule has 0 aromatic carbocycles. The number of hydrogen-bond donors (Lipinski definition) is 1. The van der Waals surface area contributed by atoms with Crippen LogP contribution in [0.25, 0.3) is 0 Å². The van der Waals surface area contributed by atoms with E-state index in [4.69, 9.17) is 9.47 Å². The van der Waals surface area contributed by atoms with Crippen LogP contribution in [0.2, 0.25) is 0 Å². The first-order chi connectivity index (χ1) is 13.1. The average molecular weight is 414 g/mol. The quantitative estimate of drug-likeness (QED) is 0.310. The normalized spacial score (nSPS) is 25.5. The molecule has 2 fully saturated rings. The molecular weight excluding hydrogens is 378 g/mol. The Morgan fingerprint density at radius 1 is 1.18 bits per heavy atom. The molecule has 2 aliphatic rings. The average Bonchev–Trinajstić information content (AvgIpc) is 2.75. The number of esters is 2. The molecule has 0 radical (unpaired) electrons. The highest BCUT2D eigenvalue weighted by Gasteiger charge is 2.46. The maximum atomic E-state index is 12.5. The van der Waals surface area contributed by atoms with Gasteiger partial charge in [-0.15, -0.1) is 11.8 Å². The van der Waals surface area contributed by atoms with Gasteiger partial charge in [-0.1, -0.05) is 12.8 Å².